The van der Waals surface area contributed by atoms with Crippen LogP contribution >= 0.6 is 0 Å². The molecule has 0 aliphatic carbocycles. The number of rotatable bonds is 5. The van der Waals surface area contributed by atoms with Gasteiger partial charge in [0.2, 0.25) is 0 Å². The van der Waals surface area contributed by atoms with Gasteiger partial charge in [0.05, 0.1) is 0 Å². The maximum atomic E-state index is 3.62. The first kappa shape index (κ1) is 13.8. The van der Waals surface area contributed by atoms with Crippen LogP contribution in [0.5, 0.6) is 0 Å². The summed E-state index contributed by atoms with van der Waals surface area (Å²) in [6.45, 7) is 7.64. The van der Waals surface area contributed by atoms with Crippen LogP contribution < -0.4 is 5.32 Å². The number of hydrogen-bond acceptors (Lipinski definition) is 1. The second-order valence-electron chi connectivity index (χ2n) is 5.36. The van der Waals surface area contributed by atoms with Gasteiger partial charge in [-0.1, -0.05) is 67.1 Å². The lowest BCUT2D eigenvalue weighted by Crippen LogP contribution is -2.23. The molecule has 0 radical (unpaired) electrons. The number of aryl methyl sites for hydroxylation is 1. The van der Waals surface area contributed by atoms with E-state index in [0.717, 1.165) is 6.54 Å². The van der Waals surface area contributed by atoms with E-state index in [2.05, 4.69) is 80.7 Å². The molecule has 2 rings (SSSR count). The number of nitrogens with one attached hydrogen (secondary N) is 1. The summed E-state index contributed by atoms with van der Waals surface area (Å²) in [4.78, 5) is 0. The van der Waals surface area contributed by atoms with Crippen molar-refractivity contribution in [1.29, 1.82) is 0 Å². The summed E-state index contributed by atoms with van der Waals surface area (Å²) in [5.41, 5.74) is 4.08. The van der Waals surface area contributed by atoms with Crippen LogP contribution in [0.25, 0.3) is 0 Å². The monoisotopic (exact) mass is 253 g/mol. The van der Waals surface area contributed by atoms with Crippen LogP contribution in [-0.4, -0.2) is 6.54 Å². The first-order chi connectivity index (χ1) is 9.16. The smallest absolute Gasteiger partial charge is 0.0292 e. The van der Waals surface area contributed by atoms with E-state index in [1.807, 2.05) is 0 Å². The van der Waals surface area contributed by atoms with Crippen LogP contribution in [0, 0.1) is 6.92 Å². The molecule has 0 saturated carbocycles. The van der Waals surface area contributed by atoms with E-state index in [4.69, 9.17) is 0 Å². The Bertz CT molecular complexity index is 504. The quantitative estimate of drug-likeness (QED) is 0.830. The van der Waals surface area contributed by atoms with Gasteiger partial charge < -0.3 is 5.32 Å². The molecule has 0 amide bonds. The Morgan fingerprint density at radius 2 is 1.58 bits per heavy atom. The zero-order valence-corrected chi connectivity index (χ0v) is 12.1. The van der Waals surface area contributed by atoms with Crippen molar-refractivity contribution in [2.24, 2.45) is 0 Å². The molecule has 1 heteroatoms. The lowest BCUT2D eigenvalue weighted by Gasteiger charge is -2.18. The van der Waals surface area contributed by atoms with E-state index < -0.39 is 0 Å². The first-order valence-corrected chi connectivity index (χ1v) is 7.01. The van der Waals surface area contributed by atoms with Crippen LogP contribution in [0.15, 0.2) is 54.6 Å². The highest BCUT2D eigenvalue weighted by Crippen LogP contribution is 2.17. The van der Waals surface area contributed by atoms with Crippen LogP contribution in [0.4, 0.5) is 0 Å². The number of hydrogen-bond donors (Lipinski definition) is 1. The van der Waals surface area contributed by atoms with E-state index in [-0.39, 0.29) is 0 Å². The second-order valence-corrected chi connectivity index (χ2v) is 5.36. The van der Waals surface area contributed by atoms with Crippen LogP contribution in [0.1, 0.15) is 42.5 Å². The van der Waals surface area contributed by atoms with Crippen molar-refractivity contribution in [3.8, 4) is 0 Å². The van der Waals surface area contributed by atoms with Crippen molar-refractivity contribution >= 4 is 0 Å². The van der Waals surface area contributed by atoms with Gasteiger partial charge in [0, 0.05) is 12.6 Å². The molecule has 0 aliphatic rings. The average Bonchev–Trinajstić information content (AvgIpc) is 2.45. The van der Waals surface area contributed by atoms with Gasteiger partial charge in [0.1, 0.15) is 0 Å². The zero-order chi connectivity index (χ0) is 13.7. The van der Waals surface area contributed by atoms with Gasteiger partial charge in [0.15, 0.2) is 0 Å². The van der Waals surface area contributed by atoms with E-state index in [1.54, 1.807) is 0 Å². The van der Waals surface area contributed by atoms with Crippen molar-refractivity contribution in [2.75, 3.05) is 6.54 Å². The molecule has 100 valence electrons. The standard InChI is InChI=1S/C18H23N/c1-14-8-7-11-18(12-14)16(3)19-13-15(2)17-9-5-4-6-10-17/h4-12,15-16,19H,13H2,1-3H3/t15?,16-/m0/s1. The Kier molecular flexibility index (Phi) is 4.75. The highest BCUT2D eigenvalue weighted by atomic mass is 14.9. The second kappa shape index (κ2) is 6.53. The van der Waals surface area contributed by atoms with E-state index in [0.29, 0.717) is 12.0 Å². The fraction of sp³-hybridized carbons (Fsp3) is 0.333. The Morgan fingerprint density at radius 3 is 2.26 bits per heavy atom. The maximum absolute atomic E-state index is 3.62. The molecule has 0 fully saturated rings. The third-order valence-corrected chi connectivity index (χ3v) is 3.64. The molecule has 0 heterocycles. The number of benzene rings is 2. The highest BCUT2D eigenvalue weighted by Gasteiger charge is 2.08. The molecular formula is C18H23N. The SMILES string of the molecule is Cc1cccc([C@H](C)NCC(C)c2ccccc2)c1. The lowest BCUT2D eigenvalue weighted by molar-refractivity contribution is 0.537. The minimum atomic E-state index is 0.395. The molecule has 0 aromatic heterocycles. The Labute approximate surface area is 116 Å². The molecule has 0 spiro atoms. The van der Waals surface area contributed by atoms with E-state index in [1.165, 1.54) is 16.7 Å². The van der Waals surface area contributed by atoms with Crippen LogP contribution in [0.3, 0.4) is 0 Å². The van der Waals surface area contributed by atoms with Crippen LogP contribution in [0.2, 0.25) is 0 Å². The van der Waals surface area contributed by atoms with Crippen molar-refractivity contribution in [1.82, 2.24) is 5.32 Å². The molecule has 2 aromatic carbocycles. The lowest BCUT2D eigenvalue weighted by atomic mass is 10.00. The van der Waals surface area contributed by atoms with Crippen LogP contribution in [-0.2, 0) is 0 Å². The summed E-state index contributed by atoms with van der Waals surface area (Å²) in [5, 5.41) is 3.62. The molecule has 1 nitrogen and oxygen atoms in total. The third-order valence-electron chi connectivity index (χ3n) is 3.64. The minimum absolute atomic E-state index is 0.395. The topological polar surface area (TPSA) is 12.0 Å². The van der Waals surface area contributed by atoms with Gasteiger partial charge in [-0.15, -0.1) is 0 Å². The molecule has 0 saturated heterocycles. The first-order valence-electron chi connectivity index (χ1n) is 7.01. The molecular weight excluding hydrogens is 230 g/mol. The normalized spacial score (nSPS) is 14.1. The van der Waals surface area contributed by atoms with Gasteiger partial charge in [0.25, 0.3) is 0 Å². The van der Waals surface area contributed by atoms with E-state index >= 15 is 0 Å². The van der Waals surface area contributed by atoms with Gasteiger partial charge in [-0.05, 0) is 30.9 Å². The molecule has 19 heavy (non-hydrogen) atoms. The Balaban J connectivity index is 1.92. The summed E-state index contributed by atoms with van der Waals surface area (Å²) >= 11 is 0. The Hall–Kier alpha value is -1.60. The zero-order valence-electron chi connectivity index (χ0n) is 12.1. The molecule has 1 unspecified atom stereocenters. The molecule has 2 aromatic rings. The van der Waals surface area contributed by atoms with Gasteiger partial charge in [-0.3, -0.25) is 0 Å². The fourth-order valence-electron chi connectivity index (χ4n) is 2.31. The molecule has 2 atom stereocenters. The molecule has 1 N–H and O–H groups in total. The Morgan fingerprint density at radius 1 is 0.895 bits per heavy atom. The van der Waals surface area contributed by atoms with Crippen molar-refractivity contribution in [2.45, 2.75) is 32.7 Å². The summed E-state index contributed by atoms with van der Waals surface area (Å²) in [5.74, 6) is 0.536. The van der Waals surface area contributed by atoms with Gasteiger partial charge in [-0.25, -0.2) is 0 Å². The third kappa shape index (κ3) is 3.93. The predicted octanol–water partition coefficient (Wildman–Crippen LogP) is 4.45. The van der Waals surface area contributed by atoms with Crippen molar-refractivity contribution < 1.29 is 0 Å². The minimum Gasteiger partial charge on any atom is -0.310 e. The average molecular weight is 253 g/mol. The summed E-state index contributed by atoms with van der Waals surface area (Å²) in [6.07, 6.45) is 0. The summed E-state index contributed by atoms with van der Waals surface area (Å²) in [6, 6.07) is 19.8. The molecule has 0 aliphatic heterocycles. The molecule has 0 bridgehead atoms. The van der Waals surface area contributed by atoms with Gasteiger partial charge >= 0.3 is 0 Å². The van der Waals surface area contributed by atoms with E-state index in [9.17, 15) is 0 Å². The predicted molar refractivity (Wildman–Crippen MR) is 82.5 cm³/mol. The summed E-state index contributed by atoms with van der Waals surface area (Å²) < 4.78 is 0. The fourth-order valence-corrected chi connectivity index (χ4v) is 2.31. The summed E-state index contributed by atoms with van der Waals surface area (Å²) in [7, 11) is 0. The largest absolute Gasteiger partial charge is 0.310 e. The highest BCUT2D eigenvalue weighted by molar-refractivity contribution is 5.25. The maximum Gasteiger partial charge on any atom is 0.0292 e. The van der Waals surface area contributed by atoms with Crippen molar-refractivity contribution in [3.05, 3.63) is 71.3 Å². The van der Waals surface area contributed by atoms with Crippen molar-refractivity contribution in [3.63, 3.8) is 0 Å². The van der Waals surface area contributed by atoms with Gasteiger partial charge in [-0.2, -0.15) is 0 Å².